The number of nitro groups is 1. The number of carbonyl (C=O) groups excluding carboxylic acids is 2. The van der Waals surface area contributed by atoms with E-state index in [9.17, 15) is 29.9 Å². The van der Waals surface area contributed by atoms with Gasteiger partial charge in [-0.25, -0.2) is 0 Å². The van der Waals surface area contributed by atoms with Crippen molar-refractivity contribution in [3.8, 4) is 11.5 Å². The molecule has 0 aromatic heterocycles. The van der Waals surface area contributed by atoms with Crippen LogP contribution < -0.4 is 5.32 Å². The number of benzene rings is 3. The summed E-state index contributed by atoms with van der Waals surface area (Å²) in [6.45, 7) is 0. The quantitative estimate of drug-likeness (QED) is 0.368. The highest BCUT2D eigenvalue weighted by atomic mass is 16.6. The maximum Gasteiger partial charge on any atom is 0.311 e. The lowest BCUT2D eigenvalue weighted by Gasteiger charge is -2.20. The van der Waals surface area contributed by atoms with E-state index in [4.69, 9.17) is 0 Å². The molecule has 8 heteroatoms. The number of hydrogen-bond donors (Lipinski definition) is 3. The van der Waals surface area contributed by atoms with Crippen molar-refractivity contribution in [3.63, 3.8) is 0 Å². The molecule has 0 fully saturated rings. The monoisotopic (exact) mass is 376 g/mol. The molecule has 0 atom stereocenters. The van der Waals surface area contributed by atoms with Crippen molar-refractivity contribution in [2.45, 2.75) is 0 Å². The molecule has 1 aliphatic carbocycles. The predicted molar refractivity (Wildman–Crippen MR) is 99.5 cm³/mol. The second-order valence-corrected chi connectivity index (χ2v) is 6.18. The van der Waals surface area contributed by atoms with Crippen LogP contribution in [0.15, 0.2) is 54.6 Å². The molecular formula is C20H12N2O6. The van der Waals surface area contributed by atoms with Gasteiger partial charge in [-0.05, 0) is 24.3 Å². The summed E-state index contributed by atoms with van der Waals surface area (Å²) in [7, 11) is 0. The minimum Gasteiger partial charge on any atom is -0.507 e. The highest BCUT2D eigenvalue weighted by Crippen LogP contribution is 2.41. The Kier molecular flexibility index (Phi) is 3.82. The van der Waals surface area contributed by atoms with Gasteiger partial charge in [0.15, 0.2) is 5.78 Å². The third-order valence-corrected chi connectivity index (χ3v) is 4.48. The number of phenols is 2. The third kappa shape index (κ3) is 2.55. The van der Waals surface area contributed by atoms with Crippen LogP contribution in [0, 0.1) is 10.1 Å². The SMILES string of the molecule is O=C1c2cc(Nc3ccccc3)cc(O)c2C(=O)c2c1ccc([N+](=O)[O-])c2O. The van der Waals surface area contributed by atoms with Gasteiger partial charge in [0.05, 0.1) is 16.1 Å². The van der Waals surface area contributed by atoms with Crippen LogP contribution in [0.1, 0.15) is 31.8 Å². The number of phenolic OH excluding ortho intramolecular Hbond substituents is 2. The van der Waals surface area contributed by atoms with Gasteiger partial charge >= 0.3 is 5.69 Å². The van der Waals surface area contributed by atoms with Crippen LogP contribution in [-0.4, -0.2) is 26.7 Å². The van der Waals surface area contributed by atoms with Gasteiger partial charge in [0, 0.05) is 34.6 Å². The van der Waals surface area contributed by atoms with Crippen LogP contribution in [0.5, 0.6) is 11.5 Å². The van der Waals surface area contributed by atoms with Crippen molar-refractivity contribution < 1.29 is 24.7 Å². The molecule has 138 valence electrons. The number of hydrogen-bond acceptors (Lipinski definition) is 7. The molecule has 0 saturated heterocycles. The first kappa shape index (κ1) is 17.2. The summed E-state index contributed by atoms with van der Waals surface area (Å²) in [6, 6.07) is 13.8. The van der Waals surface area contributed by atoms with Crippen molar-refractivity contribution in [2.24, 2.45) is 0 Å². The zero-order chi connectivity index (χ0) is 20.0. The average molecular weight is 376 g/mol. The molecule has 28 heavy (non-hydrogen) atoms. The van der Waals surface area contributed by atoms with Gasteiger partial charge in [-0.3, -0.25) is 19.7 Å². The van der Waals surface area contributed by atoms with Gasteiger partial charge in [0.1, 0.15) is 5.75 Å². The fourth-order valence-corrected chi connectivity index (χ4v) is 3.22. The van der Waals surface area contributed by atoms with Crippen molar-refractivity contribution in [3.05, 3.63) is 87.0 Å². The van der Waals surface area contributed by atoms with Crippen LogP contribution in [0.3, 0.4) is 0 Å². The Morgan fingerprint density at radius 3 is 2.21 bits per heavy atom. The lowest BCUT2D eigenvalue weighted by Crippen LogP contribution is -2.21. The van der Waals surface area contributed by atoms with E-state index in [0.717, 1.165) is 12.1 Å². The Hall–Kier alpha value is -4.20. The molecule has 0 spiro atoms. The summed E-state index contributed by atoms with van der Waals surface area (Å²) in [4.78, 5) is 35.9. The number of para-hydroxylation sites is 1. The van der Waals surface area contributed by atoms with Crippen LogP contribution in [0.4, 0.5) is 17.1 Å². The van der Waals surface area contributed by atoms with Gasteiger partial charge in [0.2, 0.25) is 11.5 Å². The van der Waals surface area contributed by atoms with E-state index in [0.29, 0.717) is 11.4 Å². The lowest BCUT2D eigenvalue weighted by atomic mass is 9.82. The molecule has 3 aromatic rings. The summed E-state index contributed by atoms with van der Waals surface area (Å²) in [6.07, 6.45) is 0. The second kappa shape index (κ2) is 6.20. The molecule has 0 saturated carbocycles. The van der Waals surface area contributed by atoms with Gasteiger partial charge in [-0.1, -0.05) is 18.2 Å². The first-order chi connectivity index (χ1) is 13.4. The average Bonchev–Trinajstić information content (AvgIpc) is 2.66. The number of carbonyl (C=O) groups is 2. The molecule has 4 rings (SSSR count). The van der Waals surface area contributed by atoms with E-state index in [-0.39, 0.29) is 16.7 Å². The van der Waals surface area contributed by atoms with Crippen LogP contribution in [0.2, 0.25) is 0 Å². The fraction of sp³-hybridized carbons (Fsp3) is 0. The zero-order valence-electron chi connectivity index (χ0n) is 14.2. The Labute approximate surface area is 157 Å². The summed E-state index contributed by atoms with van der Waals surface area (Å²) in [5.41, 5.74) is -0.577. The Morgan fingerprint density at radius 2 is 1.54 bits per heavy atom. The van der Waals surface area contributed by atoms with Gasteiger partial charge in [-0.15, -0.1) is 0 Å². The predicted octanol–water partition coefficient (Wildman–Crippen LogP) is 3.53. The van der Waals surface area contributed by atoms with Crippen LogP contribution in [-0.2, 0) is 0 Å². The number of ketones is 2. The fourth-order valence-electron chi connectivity index (χ4n) is 3.22. The Morgan fingerprint density at radius 1 is 0.821 bits per heavy atom. The standard InChI is InChI=1S/C20H12N2O6/c23-15-9-11(21-10-4-2-1-3-5-10)8-13-16(15)20(26)17-12(18(13)24)6-7-14(19(17)25)22(27)28/h1-9,21,23,25H. The molecule has 3 N–H and O–H groups in total. The smallest absolute Gasteiger partial charge is 0.311 e. The number of rotatable bonds is 3. The minimum atomic E-state index is -0.891. The minimum absolute atomic E-state index is 0.0517. The molecule has 0 heterocycles. The van der Waals surface area contributed by atoms with Gasteiger partial charge < -0.3 is 15.5 Å². The van der Waals surface area contributed by atoms with Crippen molar-refractivity contribution in [1.82, 2.24) is 0 Å². The zero-order valence-corrected chi connectivity index (χ0v) is 14.2. The molecule has 1 aliphatic rings. The highest BCUT2D eigenvalue weighted by molar-refractivity contribution is 6.30. The molecular weight excluding hydrogens is 364 g/mol. The van der Waals surface area contributed by atoms with E-state index in [2.05, 4.69) is 5.32 Å². The van der Waals surface area contributed by atoms with E-state index in [1.165, 1.54) is 12.1 Å². The van der Waals surface area contributed by atoms with Crippen LogP contribution in [0.25, 0.3) is 0 Å². The number of nitrogens with zero attached hydrogens (tertiary/aromatic N) is 1. The molecule has 0 unspecified atom stereocenters. The molecule has 0 radical (unpaired) electrons. The first-order valence-electron chi connectivity index (χ1n) is 8.17. The van der Waals surface area contributed by atoms with Crippen molar-refractivity contribution >= 4 is 28.6 Å². The van der Waals surface area contributed by atoms with Crippen LogP contribution >= 0.6 is 0 Å². The number of aromatic hydroxyl groups is 2. The van der Waals surface area contributed by atoms with Crippen molar-refractivity contribution in [2.75, 3.05) is 5.32 Å². The molecule has 0 amide bonds. The number of anilines is 2. The molecule has 8 nitrogen and oxygen atoms in total. The topological polar surface area (TPSA) is 130 Å². The van der Waals surface area contributed by atoms with E-state index >= 15 is 0 Å². The summed E-state index contributed by atoms with van der Waals surface area (Å²) in [5, 5.41) is 34.6. The number of fused-ring (bicyclic) bond motifs is 2. The molecule has 0 bridgehead atoms. The summed E-state index contributed by atoms with van der Waals surface area (Å²) >= 11 is 0. The molecule has 3 aromatic carbocycles. The molecule has 0 aliphatic heterocycles. The van der Waals surface area contributed by atoms with E-state index < -0.39 is 39.2 Å². The van der Waals surface area contributed by atoms with Crippen molar-refractivity contribution in [1.29, 1.82) is 0 Å². The lowest BCUT2D eigenvalue weighted by molar-refractivity contribution is -0.385. The number of nitrogens with one attached hydrogen (secondary N) is 1. The summed E-state index contributed by atoms with van der Waals surface area (Å²) in [5.74, 6) is -2.83. The Balaban J connectivity index is 1.86. The Bertz CT molecular complexity index is 1170. The highest BCUT2D eigenvalue weighted by Gasteiger charge is 2.37. The van der Waals surface area contributed by atoms with E-state index in [1.54, 1.807) is 24.3 Å². The first-order valence-corrected chi connectivity index (χ1v) is 8.17. The van der Waals surface area contributed by atoms with Gasteiger partial charge in [0.25, 0.3) is 0 Å². The maximum absolute atomic E-state index is 12.9. The van der Waals surface area contributed by atoms with E-state index in [1.807, 2.05) is 6.07 Å². The third-order valence-electron chi connectivity index (χ3n) is 4.48. The maximum atomic E-state index is 12.9. The largest absolute Gasteiger partial charge is 0.507 e. The normalized spacial score (nSPS) is 12.3. The second-order valence-electron chi connectivity index (χ2n) is 6.18. The number of nitro benzene ring substituents is 1. The summed E-state index contributed by atoms with van der Waals surface area (Å²) < 4.78 is 0. The van der Waals surface area contributed by atoms with Gasteiger partial charge in [-0.2, -0.15) is 0 Å².